The predicted molar refractivity (Wildman–Crippen MR) is 138 cm³/mol. The summed E-state index contributed by atoms with van der Waals surface area (Å²) >= 11 is 0. The van der Waals surface area contributed by atoms with Crippen LogP contribution in [0.1, 0.15) is 24.3 Å². The molecule has 3 heterocycles. The SMILES string of the molecule is COc1ccc(NC(=O)Nc2ccc3c(c2)[C@H]2C[C@H](CC(=O)N4CCN(C)CC4)O[C@H](CO)[C@H]2O3)cc1. The molecule has 10 nitrogen and oxygen atoms in total. The molecule has 0 radical (unpaired) electrons. The highest BCUT2D eigenvalue weighted by Gasteiger charge is 2.46. The van der Waals surface area contributed by atoms with Crippen LogP contribution in [0, 0.1) is 0 Å². The maximum atomic E-state index is 12.9. The van der Waals surface area contributed by atoms with Gasteiger partial charge in [0.05, 0.1) is 26.2 Å². The minimum atomic E-state index is -0.522. The van der Waals surface area contributed by atoms with E-state index in [1.54, 1.807) is 37.4 Å². The van der Waals surface area contributed by atoms with E-state index in [-0.39, 0.29) is 43.1 Å². The summed E-state index contributed by atoms with van der Waals surface area (Å²) in [6, 6.07) is 12.2. The molecule has 198 valence electrons. The van der Waals surface area contributed by atoms with Gasteiger partial charge in [0.25, 0.3) is 0 Å². The van der Waals surface area contributed by atoms with Crippen molar-refractivity contribution in [3.63, 3.8) is 0 Å². The van der Waals surface area contributed by atoms with E-state index < -0.39 is 6.10 Å². The fourth-order valence-corrected chi connectivity index (χ4v) is 5.31. The van der Waals surface area contributed by atoms with Crippen molar-refractivity contribution in [2.75, 3.05) is 57.6 Å². The Kier molecular flexibility index (Phi) is 7.50. The first kappa shape index (κ1) is 25.3. The number of hydrogen-bond acceptors (Lipinski definition) is 7. The third kappa shape index (κ3) is 5.66. The summed E-state index contributed by atoms with van der Waals surface area (Å²) in [6.07, 6.45) is -0.282. The molecule has 10 heteroatoms. The van der Waals surface area contributed by atoms with Crippen LogP contribution in [-0.4, -0.2) is 92.1 Å². The molecule has 0 unspecified atom stereocenters. The van der Waals surface area contributed by atoms with Gasteiger partial charge < -0.3 is 39.8 Å². The highest BCUT2D eigenvalue weighted by molar-refractivity contribution is 5.99. The Morgan fingerprint density at radius 3 is 2.46 bits per heavy atom. The van der Waals surface area contributed by atoms with Gasteiger partial charge in [0.1, 0.15) is 23.7 Å². The number of aliphatic hydroxyl groups is 1. The number of amides is 3. The van der Waals surface area contributed by atoms with E-state index in [2.05, 4.69) is 22.6 Å². The Bertz CT molecular complexity index is 1120. The first-order valence-corrected chi connectivity index (χ1v) is 12.7. The molecule has 0 bridgehead atoms. The van der Waals surface area contributed by atoms with E-state index in [0.717, 1.165) is 31.7 Å². The highest BCUT2D eigenvalue weighted by atomic mass is 16.6. The van der Waals surface area contributed by atoms with Gasteiger partial charge in [-0.3, -0.25) is 4.79 Å². The molecule has 0 spiro atoms. The van der Waals surface area contributed by atoms with Crippen molar-refractivity contribution >= 4 is 23.3 Å². The summed E-state index contributed by atoms with van der Waals surface area (Å²) in [6.45, 7) is 2.98. The Balaban J connectivity index is 1.25. The number of carbonyl (C=O) groups excluding carboxylic acids is 2. The zero-order valence-corrected chi connectivity index (χ0v) is 21.2. The summed E-state index contributed by atoms with van der Waals surface area (Å²) in [7, 11) is 3.65. The van der Waals surface area contributed by atoms with E-state index in [4.69, 9.17) is 14.2 Å². The van der Waals surface area contributed by atoms with E-state index in [0.29, 0.717) is 29.3 Å². The van der Waals surface area contributed by atoms with Crippen molar-refractivity contribution in [2.24, 2.45) is 0 Å². The van der Waals surface area contributed by atoms with Crippen LogP contribution in [0.15, 0.2) is 42.5 Å². The van der Waals surface area contributed by atoms with Crippen LogP contribution in [0.5, 0.6) is 11.5 Å². The van der Waals surface area contributed by atoms with Crippen molar-refractivity contribution in [3.05, 3.63) is 48.0 Å². The zero-order valence-electron chi connectivity index (χ0n) is 21.2. The number of hydrogen-bond donors (Lipinski definition) is 3. The number of methoxy groups -OCH3 is 1. The number of rotatable bonds is 6. The van der Waals surface area contributed by atoms with E-state index >= 15 is 0 Å². The maximum absolute atomic E-state index is 12.9. The molecule has 4 atom stereocenters. The molecule has 2 aromatic rings. The molecule has 0 saturated carbocycles. The second kappa shape index (κ2) is 11.0. The number of aliphatic hydroxyl groups excluding tert-OH is 1. The molecule has 37 heavy (non-hydrogen) atoms. The number of urea groups is 1. The summed E-state index contributed by atoms with van der Waals surface area (Å²) in [5.74, 6) is 1.46. The minimum Gasteiger partial charge on any atom is -0.497 e. The number of piperazine rings is 1. The zero-order chi connectivity index (χ0) is 25.9. The van der Waals surface area contributed by atoms with Gasteiger partial charge >= 0.3 is 6.03 Å². The Morgan fingerprint density at radius 1 is 1.05 bits per heavy atom. The molecule has 3 aliphatic heterocycles. The number of likely N-dealkylation sites (N-methyl/N-ethyl adjacent to an activating group) is 1. The van der Waals surface area contributed by atoms with Crippen LogP contribution in [0.25, 0.3) is 0 Å². The molecule has 3 amide bonds. The standard InChI is InChI=1S/C27H34N4O6/c1-30-9-11-31(12-10-30)25(33)15-20-14-22-21-13-18(5-8-23(21)37-26(22)24(16-32)36-20)29-27(34)28-17-3-6-19(35-2)7-4-17/h3-8,13,20,22,24,26,32H,9-12,14-16H2,1-2H3,(H2,28,29,34)/t20-,22-,24-,26+/m1/s1. The lowest BCUT2D eigenvalue weighted by molar-refractivity contribution is -0.150. The molecule has 0 aromatic heterocycles. The lowest BCUT2D eigenvalue weighted by atomic mass is 9.84. The summed E-state index contributed by atoms with van der Waals surface area (Å²) in [5, 5.41) is 15.7. The number of carbonyl (C=O) groups is 2. The fraction of sp³-hybridized carbons (Fsp3) is 0.481. The number of anilines is 2. The lowest BCUT2D eigenvalue weighted by Crippen LogP contribution is -2.50. The summed E-state index contributed by atoms with van der Waals surface area (Å²) in [5.41, 5.74) is 2.23. The molecular weight excluding hydrogens is 476 g/mol. The average molecular weight is 511 g/mol. The topological polar surface area (TPSA) is 113 Å². The Labute approximate surface area is 216 Å². The Morgan fingerprint density at radius 2 is 1.76 bits per heavy atom. The maximum Gasteiger partial charge on any atom is 0.323 e. The van der Waals surface area contributed by atoms with Crippen LogP contribution < -0.4 is 20.1 Å². The van der Waals surface area contributed by atoms with Gasteiger partial charge in [-0.2, -0.15) is 0 Å². The van der Waals surface area contributed by atoms with Gasteiger partial charge in [-0.05, 0) is 55.9 Å². The lowest BCUT2D eigenvalue weighted by Gasteiger charge is -2.38. The summed E-state index contributed by atoms with van der Waals surface area (Å²) in [4.78, 5) is 29.6. The van der Waals surface area contributed by atoms with E-state index in [1.807, 2.05) is 17.0 Å². The van der Waals surface area contributed by atoms with Gasteiger partial charge in [-0.1, -0.05) is 0 Å². The Hall–Kier alpha value is -3.34. The van der Waals surface area contributed by atoms with Gasteiger partial charge in [0.15, 0.2) is 0 Å². The number of nitrogens with one attached hydrogen (secondary N) is 2. The fourth-order valence-electron chi connectivity index (χ4n) is 5.31. The van der Waals surface area contributed by atoms with Crippen LogP contribution in [0.2, 0.25) is 0 Å². The van der Waals surface area contributed by atoms with Crippen molar-refractivity contribution in [2.45, 2.75) is 37.1 Å². The third-order valence-corrected chi connectivity index (χ3v) is 7.36. The quantitative estimate of drug-likeness (QED) is 0.547. The van der Waals surface area contributed by atoms with Gasteiger partial charge in [-0.25, -0.2) is 4.79 Å². The molecule has 2 aromatic carbocycles. The second-order valence-electron chi connectivity index (χ2n) is 9.85. The average Bonchev–Trinajstić information content (AvgIpc) is 3.27. The molecule has 3 N–H and O–H groups in total. The van der Waals surface area contributed by atoms with Crippen LogP contribution in [0.4, 0.5) is 16.2 Å². The number of benzene rings is 2. The molecule has 2 saturated heterocycles. The highest BCUT2D eigenvalue weighted by Crippen LogP contribution is 2.47. The first-order chi connectivity index (χ1) is 17.9. The van der Waals surface area contributed by atoms with Gasteiger partial charge in [0.2, 0.25) is 5.91 Å². The third-order valence-electron chi connectivity index (χ3n) is 7.36. The van der Waals surface area contributed by atoms with Crippen molar-refractivity contribution in [1.29, 1.82) is 0 Å². The molecule has 5 rings (SSSR count). The monoisotopic (exact) mass is 510 g/mol. The van der Waals surface area contributed by atoms with E-state index in [1.165, 1.54) is 0 Å². The molecular formula is C27H34N4O6. The number of ether oxygens (including phenoxy) is 3. The van der Waals surface area contributed by atoms with E-state index in [9.17, 15) is 14.7 Å². The normalized spacial score (nSPS) is 25.0. The number of fused-ring (bicyclic) bond motifs is 3. The molecule has 0 aliphatic carbocycles. The van der Waals surface area contributed by atoms with Gasteiger partial charge in [0, 0.05) is 49.0 Å². The van der Waals surface area contributed by atoms with Crippen LogP contribution in [-0.2, 0) is 9.53 Å². The van der Waals surface area contributed by atoms with Crippen LogP contribution >= 0.6 is 0 Å². The number of nitrogens with zero attached hydrogens (tertiary/aromatic N) is 2. The second-order valence-corrected chi connectivity index (χ2v) is 9.85. The smallest absolute Gasteiger partial charge is 0.323 e. The van der Waals surface area contributed by atoms with Crippen molar-refractivity contribution in [1.82, 2.24) is 9.80 Å². The largest absolute Gasteiger partial charge is 0.497 e. The van der Waals surface area contributed by atoms with Crippen molar-refractivity contribution in [3.8, 4) is 11.5 Å². The predicted octanol–water partition coefficient (Wildman–Crippen LogP) is 2.50. The molecule has 3 aliphatic rings. The molecule has 2 fully saturated rings. The van der Waals surface area contributed by atoms with Gasteiger partial charge in [-0.15, -0.1) is 0 Å². The van der Waals surface area contributed by atoms with Crippen LogP contribution in [0.3, 0.4) is 0 Å². The van der Waals surface area contributed by atoms with Crippen molar-refractivity contribution < 1.29 is 28.9 Å². The first-order valence-electron chi connectivity index (χ1n) is 12.7. The minimum absolute atomic E-state index is 0.0439. The summed E-state index contributed by atoms with van der Waals surface area (Å²) < 4.78 is 17.4.